The number of hydrogen-bond acceptors (Lipinski definition) is 5. The average Bonchev–Trinajstić information content (AvgIpc) is 2.37. The smallest absolute Gasteiger partial charge is 0.271 e. The summed E-state index contributed by atoms with van der Waals surface area (Å²) in [7, 11) is 0. The van der Waals surface area contributed by atoms with Crippen molar-refractivity contribution in [3.8, 4) is 5.75 Å². The normalized spacial score (nSPS) is 10.3. The Morgan fingerprint density at radius 1 is 1.30 bits per heavy atom. The number of hydrogen-bond donors (Lipinski definition) is 1. The van der Waals surface area contributed by atoms with Crippen molar-refractivity contribution < 1.29 is 9.66 Å². The molecule has 0 radical (unpaired) electrons. The highest BCUT2D eigenvalue weighted by Crippen LogP contribution is 2.37. The number of nitrogens with two attached hydrogens (primary N) is 1. The molecule has 8 heteroatoms. The first kappa shape index (κ1) is 14.7. The Morgan fingerprint density at radius 3 is 2.50 bits per heavy atom. The number of ether oxygens (including phenoxy) is 1. The van der Waals surface area contributed by atoms with E-state index in [-0.39, 0.29) is 12.3 Å². The second-order valence-electron chi connectivity index (χ2n) is 3.84. The highest BCUT2D eigenvalue weighted by atomic mass is 79.9. The minimum atomic E-state index is -0.473. The van der Waals surface area contributed by atoms with Crippen molar-refractivity contribution in [2.45, 2.75) is 6.61 Å². The van der Waals surface area contributed by atoms with E-state index in [1.165, 1.54) is 12.1 Å². The Morgan fingerprint density at radius 2 is 1.95 bits per heavy atom. The van der Waals surface area contributed by atoms with E-state index in [0.717, 1.165) is 0 Å². The van der Waals surface area contributed by atoms with Crippen molar-refractivity contribution >= 4 is 43.4 Å². The fourth-order valence-corrected chi connectivity index (χ4v) is 2.91. The van der Waals surface area contributed by atoms with E-state index < -0.39 is 4.92 Å². The van der Waals surface area contributed by atoms with Crippen molar-refractivity contribution in [2.24, 2.45) is 0 Å². The lowest BCUT2D eigenvalue weighted by Crippen LogP contribution is -2.01. The Labute approximate surface area is 131 Å². The standard InChI is InChI=1S/C12H9Br2N3O3/c13-9-4-8(17(18)19)5-10(14)12(9)20-6-7-2-1-3-11(15)16-7/h1-5H,6H2,(H2,15,16). The number of pyridine rings is 1. The third kappa shape index (κ3) is 3.45. The molecule has 1 aromatic carbocycles. The van der Waals surface area contributed by atoms with E-state index in [1.54, 1.807) is 18.2 Å². The molecule has 0 bridgehead atoms. The molecule has 2 rings (SSSR count). The molecule has 0 saturated heterocycles. The van der Waals surface area contributed by atoms with Gasteiger partial charge >= 0.3 is 0 Å². The Hall–Kier alpha value is -1.67. The molecule has 0 aliphatic heterocycles. The Bertz CT molecular complexity index is 641. The zero-order chi connectivity index (χ0) is 14.7. The number of aromatic nitrogens is 1. The van der Waals surface area contributed by atoms with E-state index in [9.17, 15) is 10.1 Å². The van der Waals surface area contributed by atoms with Gasteiger partial charge in [0.15, 0.2) is 0 Å². The predicted molar refractivity (Wildman–Crippen MR) is 81.5 cm³/mol. The summed E-state index contributed by atoms with van der Waals surface area (Å²) < 4.78 is 6.59. The Kier molecular flexibility index (Phi) is 4.56. The van der Waals surface area contributed by atoms with Crippen LogP contribution in [0.25, 0.3) is 0 Å². The van der Waals surface area contributed by atoms with Crippen LogP contribution in [0.5, 0.6) is 5.75 Å². The summed E-state index contributed by atoms with van der Waals surface area (Å²) in [6.45, 7) is 0.208. The van der Waals surface area contributed by atoms with Crippen molar-refractivity contribution in [3.63, 3.8) is 0 Å². The number of nitro groups is 1. The molecule has 6 nitrogen and oxygen atoms in total. The molecule has 1 heterocycles. The van der Waals surface area contributed by atoms with E-state index >= 15 is 0 Å². The number of rotatable bonds is 4. The van der Waals surface area contributed by atoms with Gasteiger partial charge in [-0.1, -0.05) is 6.07 Å². The number of nitrogens with zero attached hydrogens (tertiary/aromatic N) is 2. The number of non-ortho nitro benzene ring substituents is 1. The van der Waals surface area contributed by atoms with Gasteiger partial charge in [-0.15, -0.1) is 0 Å². The highest BCUT2D eigenvalue weighted by Gasteiger charge is 2.15. The molecular formula is C12H9Br2N3O3. The summed E-state index contributed by atoms with van der Waals surface area (Å²) in [4.78, 5) is 14.4. The van der Waals surface area contributed by atoms with Crippen LogP contribution in [0.2, 0.25) is 0 Å². The molecule has 0 fully saturated rings. The van der Waals surface area contributed by atoms with E-state index in [1.807, 2.05) is 0 Å². The first-order valence-corrected chi connectivity index (χ1v) is 7.03. The third-order valence-corrected chi connectivity index (χ3v) is 3.56. The maximum atomic E-state index is 10.7. The maximum Gasteiger partial charge on any atom is 0.271 e. The third-order valence-electron chi connectivity index (χ3n) is 2.39. The van der Waals surface area contributed by atoms with Gasteiger partial charge in [0, 0.05) is 12.1 Å². The van der Waals surface area contributed by atoms with Gasteiger partial charge in [-0.25, -0.2) is 4.98 Å². The zero-order valence-electron chi connectivity index (χ0n) is 10.0. The molecule has 0 amide bonds. The van der Waals surface area contributed by atoms with Crippen molar-refractivity contribution in [3.05, 3.63) is 55.1 Å². The van der Waals surface area contributed by atoms with Gasteiger partial charge in [0.25, 0.3) is 5.69 Å². The first-order chi connectivity index (χ1) is 9.47. The summed E-state index contributed by atoms with van der Waals surface area (Å²) in [5.74, 6) is 0.882. The number of benzene rings is 1. The summed E-state index contributed by atoms with van der Waals surface area (Å²) in [6.07, 6.45) is 0. The molecule has 2 N–H and O–H groups in total. The molecule has 0 aliphatic rings. The molecule has 0 atom stereocenters. The van der Waals surface area contributed by atoms with Gasteiger partial charge in [-0.05, 0) is 44.0 Å². The topological polar surface area (TPSA) is 91.3 Å². The molecular weight excluding hydrogens is 394 g/mol. The van der Waals surface area contributed by atoms with Crippen LogP contribution in [0.15, 0.2) is 39.3 Å². The van der Waals surface area contributed by atoms with Crippen LogP contribution < -0.4 is 10.5 Å². The maximum absolute atomic E-state index is 10.7. The van der Waals surface area contributed by atoms with E-state index in [4.69, 9.17) is 10.5 Å². The van der Waals surface area contributed by atoms with E-state index in [0.29, 0.717) is 26.2 Å². The second-order valence-corrected chi connectivity index (χ2v) is 5.55. The monoisotopic (exact) mass is 401 g/mol. The van der Waals surface area contributed by atoms with Crippen LogP contribution in [-0.2, 0) is 6.61 Å². The summed E-state index contributed by atoms with van der Waals surface area (Å²) in [5.41, 5.74) is 6.22. The van der Waals surface area contributed by atoms with Crippen LogP contribution in [0.3, 0.4) is 0 Å². The van der Waals surface area contributed by atoms with Gasteiger partial charge in [0.1, 0.15) is 18.2 Å². The second kappa shape index (κ2) is 6.19. The molecule has 2 aromatic rings. The SMILES string of the molecule is Nc1cccc(COc2c(Br)cc([N+](=O)[O-])cc2Br)n1. The number of nitro benzene ring substituents is 1. The van der Waals surface area contributed by atoms with Gasteiger partial charge in [0.2, 0.25) is 0 Å². The fourth-order valence-electron chi connectivity index (χ4n) is 1.51. The lowest BCUT2D eigenvalue weighted by molar-refractivity contribution is -0.385. The quantitative estimate of drug-likeness (QED) is 0.622. The molecule has 0 saturated carbocycles. The largest absolute Gasteiger partial charge is 0.485 e. The number of halogens is 2. The zero-order valence-corrected chi connectivity index (χ0v) is 13.2. The highest BCUT2D eigenvalue weighted by molar-refractivity contribution is 9.11. The van der Waals surface area contributed by atoms with Crippen molar-refractivity contribution in [1.29, 1.82) is 0 Å². The lowest BCUT2D eigenvalue weighted by atomic mass is 10.3. The first-order valence-electron chi connectivity index (χ1n) is 5.45. The van der Waals surface area contributed by atoms with Crippen LogP contribution in [0, 0.1) is 10.1 Å². The minimum Gasteiger partial charge on any atom is -0.485 e. The van der Waals surface area contributed by atoms with Crippen molar-refractivity contribution in [2.75, 3.05) is 5.73 Å². The molecule has 0 unspecified atom stereocenters. The number of nitrogen functional groups attached to an aromatic ring is 1. The average molecular weight is 403 g/mol. The summed E-state index contributed by atoms with van der Waals surface area (Å²) in [5, 5.41) is 10.7. The van der Waals surface area contributed by atoms with Gasteiger partial charge in [-0.3, -0.25) is 10.1 Å². The van der Waals surface area contributed by atoms with Crippen LogP contribution in [0.4, 0.5) is 11.5 Å². The lowest BCUT2D eigenvalue weighted by Gasteiger charge is -2.10. The van der Waals surface area contributed by atoms with Gasteiger partial charge < -0.3 is 10.5 Å². The van der Waals surface area contributed by atoms with Crippen LogP contribution >= 0.6 is 31.9 Å². The summed E-state index contributed by atoms with van der Waals surface area (Å²) in [6, 6.07) is 8.01. The minimum absolute atomic E-state index is 0.0295. The van der Waals surface area contributed by atoms with Crippen molar-refractivity contribution in [1.82, 2.24) is 4.98 Å². The van der Waals surface area contributed by atoms with E-state index in [2.05, 4.69) is 36.8 Å². The van der Waals surface area contributed by atoms with Gasteiger partial charge in [-0.2, -0.15) is 0 Å². The molecule has 20 heavy (non-hydrogen) atoms. The molecule has 0 spiro atoms. The molecule has 1 aromatic heterocycles. The molecule has 104 valence electrons. The predicted octanol–water partition coefficient (Wildman–Crippen LogP) is 3.68. The summed E-state index contributed by atoms with van der Waals surface area (Å²) >= 11 is 6.50. The Balaban J connectivity index is 2.20. The van der Waals surface area contributed by atoms with Crippen LogP contribution in [0.1, 0.15) is 5.69 Å². The molecule has 0 aliphatic carbocycles. The van der Waals surface area contributed by atoms with Crippen LogP contribution in [-0.4, -0.2) is 9.91 Å². The fraction of sp³-hybridized carbons (Fsp3) is 0.0833. The number of anilines is 1. The van der Waals surface area contributed by atoms with Gasteiger partial charge in [0.05, 0.1) is 19.6 Å².